The second-order valence-corrected chi connectivity index (χ2v) is 10.4. The molecule has 1 aliphatic heterocycles. The molecule has 2 aromatic heterocycles. The summed E-state index contributed by atoms with van der Waals surface area (Å²) in [6.07, 6.45) is 9.05. The topological polar surface area (TPSA) is 88.9 Å². The van der Waals surface area contributed by atoms with Crippen LogP contribution in [0.1, 0.15) is 86.8 Å². The molecule has 3 aromatic rings. The predicted molar refractivity (Wildman–Crippen MR) is 136 cm³/mol. The van der Waals surface area contributed by atoms with Crippen LogP contribution in [-0.2, 0) is 17.8 Å². The second-order valence-electron chi connectivity index (χ2n) is 10.4. The van der Waals surface area contributed by atoms with Crippen molar-refractivity contribution in [2.75, 3.05) is 6.61 Å². The van der Waals surface area contributed by atoms with Gasteiger partial charge in [0.25, 0.3) is 5.56 Å². The van der Waals surface area contributed by atoms with E-state index in [1.54, 1.807) is 0 Å². The van der Waals surface area contributed by atoms with Gasteiger partial charge in [-0.05, 0) is 91.1 Å². The number of aromatic amines is 1. The van der Waals surface area contributed by atoms with Crippen LogP contribution in [0.5, 0.6) is 0 Å². The molecule has 35 heavy (non-hydrogen) atoms. The van der Waals surface area contributed by atoms with Gasteiger partial charge in [0.1, 0.15) is 0 Å². The molecule has 0 unspecified atom stereocenters. The lowest BCUT2D eigenvalue weighted by atomic mass is 10.0. The Morgan fingerprint density at radius 3 is 2.69 bits per heavy atom. The van der Waals surface area contributed by atoms with E-state index in [0.29, 0.717) is 19.1 Å². The molecule has 2 atom stereocenters. The third-order valence-corrected chi connectivity index (χ3v) is 7.90. The molecule has 1 aromatic carbocycles. The van der Waals surface area contributed by atoms with Crippen LogP contribution in [-0.4, -0.2) is 48.8 Å². The van der Waals surface area contributed by atoms with Crippen molar-refractivity contribution in [1.82, 2.24) is 30.1 Å². The zero-order valence-corrected chi connectivity index (χ0v) is 21.3. The van der Waals surface area contributed by atoms with Crippen LogP contribution >= 0.6 is 0 Å². The summed E-state index contributed by atoms with van der Waals surface area (Å²) < 4.78 is 7.83. The Bertz CT molecular complexity index is 1210. The molecule has 2 fully saturated rings. The Morgan fingerprint density at radius 2 is 1.94 bits per heavy atom. The SMILES string of the molecule is CCC[C@H](c1nnnn1C[C@H]1CCCO1)N(Cc1cc2cc(C)c(C)cc2[nH]c1=O)C1CCCC1. The summed E-state index contributed by atoms with van der Waals surface area (Å²) in [7, 11) is 0. The summed E-state index contributed by atoms with van der Waals surface area (Å²) in [6.45, 7) is 8.52. The first-order chi connectivity index (χ1) is 17.0. The number of aromatic nitrogens is 5. The molecule has 8 nitrogen and oxygen atoms in total. The van der Waals surface area contributed by atoms with Crippen molar-refractivity contribution in [2.45, 2.75) is 103 Å². The van der Waals surface area contributed by atoms with Gasteiger partial charge < -0.3 is 9.72 Å². The number of rotatable bonds is 9. The molecular weight excluding hydrogens is 440 g/mol. The van der Waals surface area contributed by atoms with E-state index in [-0.39, 0.29) is 17.7 Å². The molecule has 3 heterocycles. The van der Waals surface area contributed by atoms with Gasteiger partial charge in [0.05, 0.1) is 18.7 Å². The number of ether oxygens (including phenoxy) is 1. The van der Waals surface area contributed by atoms with Gasteiger partial charge in [-0.25, -0.2) is 4.68 Å². The highest BCUT2D eigenvalue weighted by atomic mass is 16.5. The van der Waals surface area contributed by atoms with E-state index in [1.807, 2.05) is 4.68 Å². The summed E-state index contributed by atoms with van der Waals surface area (Å²) in [5.74, 6) is 0.901. The first kappa shape index (κ1) is 24.1. The normalized spacial score (nSPS) is 19.8. The van der Waals surface area contributed by atoms with Gasteiger partial charge >= 0.3 is 0 Å². The zero-order valence-electron chi connectivity index (χ0n) is 21.3. The lowest BCUT2D eigenvalue weighted by Crippen LogP contribution is -2.39. The number of nitrogens with zero attached hydrogens (tertiary/aromatic N) is 5. The number of aryl methyl sites for hydroxylation is 2. The minimum absolute atomic E-state index is 0.00190. The number of nitrogens with one attached hydrogen (secondary N) is 1. The van der Waals surface area contributed by atoms with E-state index >= 15 is 0 Å². The number of H-pyrrole nitrogens is 1. The Morgan fingerprint density at radius 1 is 1.14 bits per heavy atom. The fraction of sp³-hybridized carbons (Fsp3) is 0.630. The number of pyridine rings is 1. The maximum Gasteiger partial charge on any atom is 0.252 e. The summed E-state index contributed by atoms with van der Waals surface area (Å²) in [6, 6.07) is 6.82. The number of hydrogen-bond acceptors (Lipinski definition) is 6. The van der Waals surface area contributed by atoms with Crippen LogP contribution in [0.4, 0.5) is 0 Å². The molecule has 1 aliphatic carbocycles. The number of hydrogen-bond donors (Lipinski definition) is 1. The van der Waals surface area contributed by atoms with Crippen LogP contribution in [0, 0.1) is 13.8 Å². The van der Waals surface area contributed by atoms with Crippen LogP contribution in [0.25, 0.3) is 10.9 Å². The summed E-state index contributed by atoms with van der Waals surface area (Å²) >= 11 is 0. The lowest BCUT2D eigenvalue weighted by Gasteiger charge is -2.36. The Balaban J connectivity index is 1.50. The average Bonchev–Trinajstić information content (AvgIpc) is 3.62. The summed E-state index contributed by atoms with van der Waals surface area (Å²) in [5.41, 5.74) is 4.14. The number of tetrazole rings is 1. The Hall–Kier alpha value is -2.58. The Labute approximate surface area is 207 Å². The first-order valence-corrected chi connectivity index (χ1v) is 13.3. The van der Waals surface area contributed by atoms with E-state index in [4.69, 9.17) is 4.74 Å². The van der Waals surface area contributed by atoms with Gasteiger partial charge in [0, 0.05) is 30.3 Å². The standard InChI is InChI=1S/C27H38N6O2/c1-4-8-25(26-29-30-31-33(26)17-23-11-7-12-35-23)32(22-9-5-6-10-22)16-21-15-20-13-18(2)19(3)14-24(20)28-27(21)34/h13-15,22-23,25H,4-12,16-17H2,1-3H3,(H,28,34)/t23-,25-/m1/s1. The maximum atomic E-state index is 13.2. The van der Waals surface area contributed by atoms with Crippen LogP contribution < -0.4 is 5.56 Å². The van der Waals surface area contributed by atoms with Gasteiger partial charge in [0.15, 0.2) is 5.82 Å². The van der Waals surface area contributed by atoms with E-state index in [9.17, 15) is 4.79 Å². The highest BCUT2D eigenvalue weighted by Crippen LogP contribution is 2.34. The van der Waals surface area contributed by atoms with Crippen molar-refractivity contribution >= 4 is 10.9 Å². The van der Waals surface area contributed by atoms with Crippen molar-refractivity contribution in [2.24, 2.45) is 0 Å². The van der Waals surface area contributed by atoms with Gasteiger partial charge in [-0.3, -0.25) is 9.69 Å². The number of benzene rings is 1. The second kappa shape index (κ2) is 10.6. The van der Waals surface area contributed by atoms with Crippen molar-refractivity contribution in [1.29, 1.82) is 0 Å². The third-order valence-electron chi connectivity index (χ3n) is 7.90. The first-order valence-electron chi connectivity index (χ1n) is 13.3. The molecule has 8 heteroatoms. The predicted octanol–water partition coefficient (Wildman–Crippen LogP) is 4.60. The van der Waals surface area contributed by atoms with Gasteiger partial charge in [0.2, 0.25) is 0 Å². The van der Waals surface area contributed by atoms with Gasteiger partial charge in [-0.15, -0.1) is 5.10 Å². The van der Waals surface area contributed by atoms with Crippen molar-refractivity contribution in [3.63, 3.8) is 0 Å². The smallest absolute Gasteiger partial charge is 0.252 e. The molecule has 2 aliphatic rings. The van der Waals surface area contributed by atoms with Crippen LogP contribution in [0.2, 0.25) is 0 Å². The fourth-order valence-corrected chi connectivity index (χ4v) is 5.84. The molecule has 5 rings (SSSR count). The van der Waals surface area contributed by atoms with Crippen LogP contribution in [0.3, 0.4) is 0 Å². The number of fused-ring (bicyclic) bond motifs is 1. The Kier molecular flexibility index (Phi) is 7.29. The van der Waals surface area contributed by atoms with Gasteiger partial charge in [-0.1, -0.05) is 26.2 Å². The molecule has 0 radical (unpaired) electrons. The van der Waals surface area contributed by atoms with E-state index in [0.717, 1.165) is 67.4 Å². The third kappa shape index (κ3) is 5.19. The molecule has 0 spiro atoms. The highest BCUT2D eigenvalue weighted by Gasteiger charge is 2.33. The highest BCUT2D eigenvalue weighted by molar-refractivity contribution is 5.80. The zero-order chi connectivity index (χ0) is 24.4. The largest absolute Gasteiger partial charge is 0.376 e. The summed E-state index contributed by atoms with van der Waals surface area (Å²) in [5, 5.41) is 14.0. The van der Waals surface area contributed by atoms with E-state index in [2.05, 4.69) is 64.4 Å². The van der Waals surface area contributed by atoms with Crippen molar-refractivity contribution in [3.05, 3.63) is 51.1 Å². The monoisotopic (exact) mass is 478 g/mol. The molecule has 0 bridgehead atoms. The quantitative estimate of drug-likeness (QED) is 0.484. The molecule has 0 amide bonds. The minimum atomic E-state index is -0.00190. The van der Waals surface area contributed by atoms with Crippen molar-refractivity contribution in [3.8, 4) is 0 Å². The van der Waals surface area contributed by atoms with Crippen molar-refractivity contribution < 1.29 is 4.74 Å². The van der Waals surface area contributed by atoms with E-state index < -0.39 is 0 Å². The molecule has 1 saturated heterocycles. The van der Waals surface area contributed by atoms with E-state index in [1.165, 1.54) is 24.0 Å². The summed E-state index contributed by atoms with van der Waals surface area (Å²) in [4.78, 5) is 18.9. The molecule has 1 saturated carbocycles. The molecular formula is C27H38N6O2. The lowest BCUT2D eigenvalue weighted by molar-refractivity contribution is 0.0828. The fourth-order valence-electron chi connectivity index (χ4n) is 5.84. The molecule has 1 N–H and O–H groups in total. The molecule has 188 valence electrons. The average molecular weight is 479 g/mol. The maximum absolute atomic E-state index is 13.2. The van der Waals surface area contributed by atoms with Crippen LogP contribution in [0.15, 0.2) is 23.0 Å². The minimum Gasteiger partial charge on any atom is -0.376 e. The van der Waals surface area contributed by atoms with Gasteiger partial charge in [-0.2, -0.15) is 0 Å².